The van der Waals surface area contributed by atoms with Crippen LogP contribution in [0.25, 0.3) is 0 Å². The maximum Gasteiger partial charge on any atom is 0.247 e. The number of fused-ring (bicyclic) bond motifs is 1. The van der Waals surface area contributed by atoms with E-state index in [2.05, 4.69) is 39.7 Å². The maximum absolute atomic E-state index is 13.2. The van der Waals surface area contributed by atoms with Crippen LogP contribution in [-0.4, -0.2) is 50.2 Å². The molecule has 1 amide bonds. The van der Waals surface area contributed by atoms with Crippen molar-refractivity contribution in [2.24, 2.45) is 0 Å². The molecule has 10 heteroatoms. The molecule has 35 heavy (non-hydrogen) atoms. The second kappa shape index (κ2) is 9.89. The van der Waals surface area contributed by atoms with E-state index in [1.165, 1.54) is 0 Å². The number of carbonyl (C=O) groups excluding carboxylic acids is 1. The topological polar surface area (TPSA) is 121 Å². The number of aryl methyl sites for hydroxylation is 1. The summed E-state index contributed by atoms with van der Waals surface area (Å²) in [5.74, 6) is 2.93. The standard InChI is InChI=1S/C25H32N8O2/c1-4-35-22-11-10-16(14-26-22)27-24(34)20-9-6-12-33(20)25-28-18-8-5-7-17(18)23(30-25)29-21-13-19(15(2)3)31-32-21/h10-11,13-15,20H,4-9,12H2,1-3H3,(H,27,34)(H2,28,29,30,31,32). The van der Waals surface area contributed by atoms with Crippen molar-refractivity contribution in [2.45, 2.75) is 64.8 Å². The summed E-state index contributed by atoms with van der Waals surface area (Å²) >= 11 is 0. The smallest absolute Gasteiger partial charge is 0.247 e. The number of hydrogen-bond donors (Lipinski definition) is 3. The van der Waals surface area contributed by atoms with Crippen molar-refractivity contribution in [1.29, 1.82) is 0 Å². The molecule has 3 aromatic rings. The summed E-state index contributed by atoms with van der Waals surface area (Å²) in [5, 5.41) is 13.9. The first-order valence-corrected chi connectivity index (χ1v) is 12.4. The van der Waals surface area contributed by atoms with Gasteiger partial charge in [-0.2, -0.15) is 10.1 Å². The van der Waals surface area contributed by atoms with Crippen molar-refractivity contribution in [2.75, 3.05) is 28.7 Å². The molecule has 184 valence electrons. The Balaban J connectivity index is 1.36. The lowest BCUT2D eigenvalue weighted by molar-refractivity contribution is -0.117. The predicted octanol–water partition coefficient (Wildman–Crippen LogP) is 3.96. The Morgan fingerprint density at radius 3 is 2.89 bits per heavy atom. The highest BCUT2D eigenvalue weighted by molar-refractivity contribution is 5.97. The first kappa shape index (κ1) is 23.1. The van der Waals surface area contributed by atoms with E-state index < -0.39 is 0 Å². The number of hydrogen-bond acceptors (Lipinski definition) is 8. The second-order valence-corrected chi connectivity index (χ2v) is 9.30. The number of aromatic nitrogens is 5. The molecule has 0 bridgehead atoms. The van der Waals surface area contributed by atoms with Crippen molar-refractivity contribution >= 4 is 29.2 Å². The molecule has 0 saturated carbocycles. The predicted molar refractivity (Wildman–Crippen MR) is 134 cm³/mol. The van der Waals surface area contributed by atoms with Gasteiger partial charge in [-0.25, -0.2) is 9.97 Å². The van der Waals surface area contributed by atoms with Crippen LogP contribution in [0.4, 0.5) is 23.3 Å². The van der Waals surface area contributed by atoms with E-state index in [-0.39, 0.29) is 11.9 Å². The third kappa shape index (κ3) is 4.91. The van der Waals surface area contributed by atoms with Gasteiger partial charge in [0.05, 0.1) is 24.2 Å². The first-order chi connectivity index (χ1) is 17.0. The minimum Gasteiger partial charge on any atom is -0.478 e. The molecule has 3 N–H and O–H groups in total. The highest BCUT2D eigenvalue weighted by Crippen LogP contribution is 2.33. The number of carbonyl (C=O) groups is 1. The third-order valence-electron chi connectivity index (χ3n) is 6.50. The van der Waals surface area contributed by atoms with Gasteiger partial charge in [-0.3, -0.25) is 9.89 Å². The second-order valence-electron chi connectivity index (χ2n) is 9.30. The average Bonchev–Trinajstić information content (AvgIpc) is 3.61. The highest BCUT2D eigenvalue weighted by atomic mass is 16.5. The molecular weight excluding hydrogens is 444 g/mol. The Labute approximate surface area is 204 Å². The van der Waals surface area contributed by atoms with Crippen LogP contribution < -0.4 is 20.3 Å². The first-order valence-electron chi connectivity index (χ1n) is 12.4. The summed E-state index contributed by atoms with van der Waals surface area (Å²) in [6, 6.07) is 5.24. The van der Waals surface area contributed by atoms with Crippen LogP contribution in [0, 0.1) is 0 Å². The van der Waals surface area contributed by atoms with Crippen molar-refractivity contribution < 1.29 is 9.53 Å². The van der Waals surface area contributed by atoms with Gasteiger partial charge in [-0.05, 0) is 51.0 Å². The number of aromatic amines is 1. The zero-order valence-corrected chi connectivity index (χ0v) is 20.5. The van der Waals surface area contributed by atoms with Crippen molar-refractivity contribution in [3.05, 3.63) is 41.3 Å². The van der Waals surface area contributed by atoms with Gasteiger partial charge >= 0.3 is 0 Å². The molecule has 1 aliphatic heterocycles. The number of nitrogens with one attached hydrogen (secondary N) is 3. The summed E-state index contributed by atoms with van der Waals surface area (Å²) in [7, 11) is 0. The summed E-state index contributed by atoms with van der Waals surface area (Å²) < 4.78 is 5.38. The van der Waals surface area contributed by atoms with Gasteiger partial charge in [-0.15, -0.1) is 0 Å². The molecule has 5 rings (SSSR count). The van der Waals surface area contributed by atoms with Crippen LogP contribution in [0.3, 0.4) is 0 Å². The lowest BCUT2D eigenvalue weighted by Crippen LogP contribution is -2.40. The SMILES string of the molecule is CCOc1ccc(NC(=O)C2CCCN2c2nc3c(c(Nc4cc(C(C)C)[nH]n4)n2)CCC3)cn1. The van der Waals surface area contributed by atoms with Crippen LogP contribution in [0.1, 0.15) is 62.9 Å². The van der Waals surface area contributed by atoms with Gasteiger partial charge in [0.25, 0.3) is 0 Å². The number of pyridine rings is 1. The molecule has 4 heterocycles. The zero-order valence-electron chi connectivity index (χ0n) is 20.5. The molecule has 1 unspecified atom stereocenters. The van der Waals surface area contributed by atoms with Gasteiger partial charge in [0.1, 0.15) is 11.9 Å². The van der Waals surface area contributed by atoms with E-state index in [0.29, 0.717) is 30.0 Å². The van der Waals surface area contributed by atoms with Crippen molar-refractivity contribution in [3.8, 4) is 5.88 Å². The van der Waals surface area contributed by atoms with E-state index in [4.69, 9.17) is 14.7 Å². The number of ether oxygens (including phenoxy) is 1. The maximum atomic E-state index is 13.2. The molecule has 3 aromatic heterocycles. The van der Waals surface area contributed by atoms with Crippen molar-refractivity contribution in [3.63, 3.8) is 0 Å². The van der Waals surface area contributed by atoms with Crippen LogP contribution in [0.5, 0.6) is 5.88 Å². The quantitative estimate of drug-likeness (QED) is 0.447. The largest absolute Gasteiger partial charge is 0.478 e. The average molecular weight is 477 g/mol. The van der Waals surface area contributed by atoms with Gasteiger partial charge in [-0.1, -0.05) is 13.8 Å². The van der Waals surface area contributed by atoms with Crippen LogP contribution in [0.15, 0.2) is 24.4 Å². The molecule has 0 spiro atoms. The molecule has 0 aromatic carbocycles. The monoisotopic (exact) mass is 476 g/mol. The summed E-state index contributed by atoms with van der Waals surface area (Å²) in [5.41, 5.74) is 3.91. The van der Waals surface area contributed by atoms with Gasteiger partial charge in [0, 0.05) is 29.9 Å². The third-order valence-corrected chi connectivity index (χ3v) is 6.50. The summed E-state index contributed by atoms with van der Waals surface area (Å²) in [4.78, 5) is 29.2. The van der Waals surface area contributed by atoms with Crippen LogP contribution in [0.2, 0.25) is 0 Å². The van der Waals surface area contributed by atoms with Gasteiger partial charge in [0.15, 0.2) is 5.82 Å². The van der Waals surface area contributed by atoms with E-state index in [1.807, 2.05) is 17.9 Å². The highest BCUT2D eigenvalue weighted by Gasteiger charge is 2.34. The molecule has 0 radical (unpaired) electrons. The minimum atomic E-state index is -0.341. The Hall–Kier alpha value is -3.69. The Morgan fingerprint density at radius 2 is 2.14 bits per heavy atom. The minimum absolute atomic E-state index is 0.0825. The molecule has 1 aliphatic carbocycles. The van der Waals surface area contributed by atoms with E-state index >= 15 is 0 Å². The van der Waals surface area contributed by atoms with E-state index in [9.17, 15) is 4.79 Å². The summed E-state index contributed by atoms with van der Waals surface area (Å²) in [6.45, 7) is 7.44. The van der Waals surface area contributed by atoms with Crippen LogP contribution >= 0.6 is 0 Å². The lowest BCUT2D eigenvalue weighted by Gasteiger charge is -2.25. The van der Waals surface area contributed by atoms with Crippen molar-refractivity contribution in [1.82, 2.24) is 25.1 Å². The number of amides is 1. The number of H-pyrrole nitrogens is 1. The van der Waals surface area contributed by atoms with E-state index in [0.717, 1.165) is 67.2 Å². The van der Waals surface area contributed by atoms with E-state index in [1.54, 1.807) is 18.3 Å². The fraction of sp³-hybridized carbons (Fsp3) is 0.480. The zero-order chi connectivity index (χ0) is 24.4. The number of nitrogens with zero attached hydrogens (tertiary/aromatic N) is 5. The van der Waals surface area contributed by atoms with Gasteiger partial charge < -0.3 is 20.3 Å². The number of rotatable bonds is 8. The fourth-order valence-corrected chi connectivity index (χ4v) is 4.66. The molecule has 1 atom stereocenters. The molecule has 2 aliphatic rings. The normalized spacial score (nSPS) is 17.0. The number of anilines is 4. The molecule has 1 fully saturated rings. The molecule has 1 saturated heterocycles. The lowest BCUT2D eigenvalue weighted by atomic mass is 10.1. The molecular formula is C25H32N8O2. The fourth-order valence-electron chi connectivity index (χ4n) is 4.66. The Bertz CT molecular complexity index is 1190. The Morgan fingerprint density at radius 1 is 1.26 bits per heavy atom. The van der Waals surface area contributed by atoms with Gasteiger partial charge in [0.2, 0.25) is 17.7 Å². The van der Waals surface area contributed by atoms with Crippen LogP contribution in [-0.2, 0) is 17.6 Å². The summed E-state index contributed by atoms with van der Waals surface area (Å²) in [6.07, 6.45) is 6.17. The molecule has 10 nitrogen and oxygen atoms in total. The Kier molecular flexibility index (Phi) is 6.52.